The molecular weight excluding hydrogens is 452 g/mol. The molecule has 0 spiro atoms. The number of phenolic OH excluding ortho intramolecular Hbond substituents is 1. The molecule has 166 valence electrons. The van der Waals surface area contributed by atoms with E-state index in [1.807, 2.05) is 30.3 Å². The Kier molecular flexibility index (Phi) is 6.66. The Balaban J connectivity index is 1.91. The number of rotatable bonds is 4. The lowest BCUT2D eigenvalue weighted by Crippen LogP contribution is -2.32. The van der Waals surface area contributed by atoms with Crippen LogP contribution in [0.2, 0.25) is 0 Å². The van der Waals surface area contributed by atoms with Gasteiger partial charge in [0.15, 0.2) is 5.78 Å². The second-order valence-electron chi connectivity index (χ2n) is 10.5. The number of halogens is 1. The summed E-state index contributed by atoms with van der Waals surface area (Å²) < 4.78 is 4.36. The molecule has 1 atom stereocenters. The molecule has 1 saturated heterocycles. The lowest BCUT2D eigenvalue weighted by molar-refractivity contribution is 0.0966. The van der Waals surface area contributed by atoms with Crippen LogP contribution < -0.4 is 0 Å². The summed E-state index contributed by atoms with van der Waals surface area (Å²) in [5.41, 5.74) is 2.93. The number of hydrogen-bond donors (Lipinski definition) is 1. The van der Waals surface area contributed by atoms with Crippen molar-refractivity contribution in [2.24, 2.45) is 4.02 Å². The Bertz CT molecular complexity index is 950. The SMILES string of the molecule is CC(C)(C)c1cc(C(=O)CN2CCC(c3ccccc3)/C2=N/Br)cc(C(C)(C)C)c1O. The van der Waals surface area contributed by atoms with E-state index < -0.39 is 0 Å². The number of hydrogen-bond acceptors (Lipinski definition) is 3. The number of ketones is 1. The number of carbonyl (C=O) groups excluding carboxylic acids is 1. The predicted octanol–water partition coefficient (Wildman–Crippen LogP) is 6.37. The molecule has 1 fully saturated rings. The smallest absolute Gasteiger partial charge is 0.182 e. The molecule has 0 radical (unpaired) electrons. The summed E-state index contributed by atoms with van der Waals surface area (Å²) in [5, 5.41) is 10.9. The van der Waals surface area contributed by atoms with Crippen LogP contribution in [-0.4, -0.2) is 34.7 Å². The molecule has 31 heavy (non-hydrogen) atoms. The molecule has 2 aromatic rings. The van der Waals surface area contributed by atoms with Gasteiger partial charge >= 0.3 is 0 Å². The summed E-state index contributed by atoms with van der Waals surface area (Å²) in [6, 6.07) is 14.0. The first-order valence-corrected chi connectivity index (χ1v) is 11.5. The Morgan fingerprint density at radius 3 is 2.10 bits per heavy atom. The molecule has 0 saturated carbocycles. The fourth-order valence-corrected chi connectivity index (χ4v) is 4.70. The summed E-state index contributed by atoms with van der Waals surface area (Å²) in [4.78, 5) is 15.4. The number of likely N-dealkylation sites (tertiary alicyclic amines) is 1. The average Bonchev–Trinajstić information content (AvgIpc) is 3.09. The number of benzene rings is 2. The maximum Gasteiger partial charge on any atom is 0.182 e. The molecule has 2 aromatic carbocycles. The van der Waals surface area contributed by atoms with Crippen LogP contribution in [0.15, 0.2) is 46.5 Å². The second-order valence-corrected chi connectivity index (χ2v) is 10.8. The Morgan fingerprint density at radius 1 is 1.06 bits per heavy atom. The highest BCUT2D eigenvalue weighted by Crippen LogP contribution is 2.40. The Labute approximate surface area is 194 Å². The standard InChI is InChI=1S/C26H33BrN2O2/c1-25(2,3)20-14-18(15-21(23(20)31)26(4,5)6)22(30)16-29-13-12-19(24(29)28-27)17-10-8-7-9-11-17/h7-11,14-15,19,31H,12-13,16H2,1-6H3/b28-24-. The van der Waals surface area contributed by atoms with Gasteiger partial charge in [0.1, 0.15) is 11.6 Å². The summed E-state index contributed by atoms with van der Waals surface area (Å²) >= 11 is 3.29. The van der Waals surface area contributed by atoms with E-state index in [1.54, 1.807) is 0 Å². The van der Waals surface area contributed by atoms with Crippen molar-refractivity contribution in [1.82, 2.24) is 4.90 Å². The molecule has 5 heteroatoms. The topological polar surface area (TPSA) is 52.9 Å². The van der Waals surface area contributed by atoms with Gasteiger partial charge in [0.05, 0.1) is 22.7 Å². The molecule has 1 heterocycles. The monoisotopic (exact) mass is 484 g/mol. The van der Waals surface area contributed by atoms with Gasteiger partial charge in [-0.25, -0.2) is 0 Å². The van der Waals surface area contributed by atoms with Crippen molar-refractivity contribution in [3.63, 3.8) is 0 Å². The van der Waals surface area contributed by atoms with Crippen LogP contribution in [0.5, 0.6) is 5.75 Å². The lowest BCUT2D eigenvalue weighted by atomic mass is 9.78. The summed E-state index contributed by atoms with van der Waals surface area (Å²) in [7, 11) is 0. The van der Waals surface area contributed by atoms with Crippen molar-refractivity contribution >= 4 is 27.8 Å². The van der Waals surface area contributed by atoms with Crippen LogP contribution in [0.4, 0.5) is 0 Å². The van der Waals surface area contributed by atoms with Crippen LogP contribution >= 0.6 is 16.1 Å². The zero-order valence-corrected chi connectivity index (χ0v) is 21.0. The van der Waals surface area contributed by atoms with E-state index >= 15 is 0 Å². The molecular formula is C26H33BrN2O2. The van der Waals surface area contributed by atoms with Gasteiger partial charge in [-0.1, -0.05) is 71.9 Å². The third-order valence-electron chi connectivity index (χ3n) is 5.99. The van der Waals surface area contributed by atoms with Crippen LogP contribution in [0.3, 0.4) is 0 Å². The third kappa shape index (κ3) is 5.03. The van der Waals surface area contributed by atoms with E-state index in [-0.39, 0.29) is 29.1 Å². The minimum Gasteiger partial charge on any atom is -0.507 e. The van der Waals surface area contributed by atoms with Crippen molar-refractivity contribution in [3.05, 3.63) is 64.7 Å². The van der Waals surface area contributed by atoms with Gasteiger partial charge in [0.25, 0.3) is 0 Å². The van der Waals surface area contributed by atoms with Crippen molar-refractivity contribution < 1.29 is 9.90 Å². The molecule has 1 N–H and O–H groups in total. The molecule has 0 amide bonds. The number of nitrogens with zero attached hydrogens (tertiary/aromatic N) is 2. The molecule has 1 unspecified atom stereocenters. The fraction of sp³-hybridized carbons (Fsp3) is 0.462. The highest BCUT2D eigenvalue weighted by Gasteiger charge is 2.33. The first-order valence-electron chi connectivity index (χ1n) is 10.8. The molecule has 1 aliphatic rings. The van der Waals surface area contributed by atoms with Gasteiger partial charge in [-0.05, 0) is 34.9 Å². The van der Waals surface area contributed by atoms with Crippen LogP contribution in [0.25, 0.3) is 0 Å². The summed E-state index contributed by atoms with van der Waals surface area (Å²) in [6.45, 7) is 13.4. The van der Waals surface area contributed by atoms with Crippen molar-refractivity contribution in [2.75, 3.05) is 13.1 Å². The quantitative estimate of drug-likeness (QED) is 0.512. The minimum atomic E-state index is -0.269. The minimum absolute atomic E-state index is 0.0401. The van der Waals surface area contributed by atoms with E-state index in [0.717, 1.165) is 29.9 Å². The molecule has 0 bridgehead atoms. The molecule has 0 aliphatic carbocycles. The van der Waals surface area contributed by atoms with Gasteiger partial charge in [-0.3, -0.25) is 4.79 Å². The Morgan fingerprint density at radius 2 is 1.61 bits per heavy atom. The van der Waals surface area contributed by atoms with Crippen molar-refractivity contribution in [3.8, 4) is 5.75 Å². The maximum absolute atomic E-state index is 13.4. The van der Waals surface area contributed by atoms with E-state index in [4.69, 9.17) is 0 Å². The van der Waals surface area contributed by atoms with Gasteiger partial charge in [-0.2, -0.15) is 4.02 Å². The lowest BCUT2D eigenvalue weighted by Gasteiger charge is -2.28. The number of carbonyl (C=O) groups is 1. The molecule has 4 nitrogen and oxygen atoms in total. The van der Waals surface area contributed by atoms with Gasteiger partial charge < -0.3 is 10.0 Å². The maximum atomic E-state index is 13.4. The highest BCUT2D eigenvalue weighted by molar-refractivity contribution is 9.08. The highest BCUT2D eigenvalue weighted by atomic mass is 79.9. The van der Waals surface area contributed by atoms with Crippen LogP contribution in [0.1, 0.15) is 80.9 Å². The zero-order valence-electron chi connectivity index (χ0n) is 19.4. The van der Waals surface area contributed by atoms with Crippen molar-refractivity contribution in [2.45, 2.75) is 64.7 Å². The van der Waals surface area contributed by atoms with Gasteiger partial charge in [0, 0.05) is 29.2 Å². The van der Waals surface area contributed by atoms with Gasteiger partial charge in [0.2, 0.25) is 0 Å². The normalized spacial score (nSPS) is 18.6. The first kappa shape index (κ1) is 23.5. The summed E-state index contributed by atoms with van der Waals surface area (Å²) in [5.74, 6) is 1.41. The fourth-order valence-electron chi connectivity index (χ4n) is 4.23. The van der Waals surface area contributed by atoms with Gasteiger partial charge in [-0.15, -0.1) is 0 Å². The van der Waals surface area contributed by atoms with Crippen molar-refractivity contribution in [1.29, 1.82) is 0 Å². The third-order valence-corrected chi connectivity index (χ3v) is 6.36. The predicted molar refractivity (Wildman–Crippen MR) is 132 cm³/mol. The number of phenols is 1. The second kappa shape index (κ2) is 8.78. The van der Waals surface area contributed by atoms with Crippen LogP contribution in [-0.2, 0) is 10.8 Å². The average molecular weight is 485 g/mol. The zero-order chi connectivity index (χ0) is 23.0. The molecule has 1 aliphatic heterocycles. The Hall–Kier alpha value is -2.14. The molecule has 3 rings (SSSR count). The van der Waals surface area contributed by atoms with E-state index in [2.05, 4.69) is 78.7 Å². The van der Waals surface area contributed by atoms with Crippen LogP contribution in [0, 0.1) is 0 Å². The summed E-state index contributed by atoms with van der Waals surface area (Å²) in [6.07, 6.45) is 0.928. The van der Waals surface area contributed by atoms with E-state index in [9.17, 15) is 9.90 Å². The number of Topliss-reactive ketones (excluding diaryl/α,β-unsaturated/α-hetero) is 1. The molecule has 0 aromatic heterocycles. The van der Waals surface area contributed by atoms with E-state index in [1.165, 1.54) is 5.56 Å². The van der Waals surface area contributed by atoms with E-state index in [0.29, 0.717) is 11.3 Å². The number of aromatic hydroxyl groups is 1. The first-order chi connectivity index (χ1) is 14.4. The number of amidine groups is 1. The largest absolute Gasteiger partial charge is 0.507 e.